The quantitative estimate of drug-likeness (QED) is 0.922. The van der Waals surface area contributed by atoms with Gasteiger partial charge >= 0.3 is 0 Å². The number of nitrogens with one attached hydrogen (secondary N) is 1. The first kappa shape index (κ1) is 12.3. The van der Waals surface area contributed by atoms with Crippen LogP contribution in [0.3, 0.4) is 0 Å². The summed E-state index contributed by atoms with van der Waals surface area (Å²) < 4.78 is 1.16. The summed E-state index contributed by atoms with van der Waals surface area (Å²) in [5, 5.41) is 3.59. The van der Waals surface area contributed by atoms with Gasteiger partial charge in [-0.3, -0.25) is 4.98 Å². The molecule has 0 amide bonds. The van der Waals surface area contributed by atoms with Crippen molar-refractivity contribution in [1.29, 1.82) is 0 Å². The van der Waals surface area contributed by atoms with Crippen LogP contribution in [0.25, 0.3) is 0 Å². The van der Waals surface area contributed by atoms with Crippen molar-refractivity contribution in [1.82, 2.24) is 10.3 Å². The molecule has 1 fully saturated rings. The zero-order chi connectivity index (χ0) is 12.4. The molecule has 94 valence electrons. The Balaban J connectivity index is 1.47. The minimum Gasteiger partial charge on any atom is -0.309 e. The van der Waals surface area contributed by atoms with Crippen molar-refractivity contribution < 1.29 is 0 Å². The van der Waals surface area contributed by atoms with E-state index in [4.69, 9.17) is 0 Å². The van der Waals surface area contributed by atoms with Crippen molar-refractivity contribution >= 4 is 27.3 Å². The highest BCUT2D eigenvalue weighted by Gasteiger charge is 2.29. The first-order chi connectivity index (χ1) is 8.81. The molecule has 3 rings (SSSR count). The van der Waals surface area contributed by atoms with Crippen molar-refractivity contribution in [2.75, 3.05) is 0 Å². The highest BCUT2D eigenvalue weighted by Crippen LogP contribution is 2.37. The molecule has 0 saturated heterocycles. The van der Waals surface area contributed by atoms with Crippen LogP contribution in [-0.4, -0.2) is 11.0 Å². The second-order valence-corrected chi connectivity index (χ2v) is 6.65. The third-order valence-corrected chi connectivity index (χ3v) is 4.84. The van der Waals surface area contributed by atoms with Crippen molar-refractivity contribution in [3.05, 3.63) is 50.9 Å². The lowest BCUT2D eigenvalue weighted by Crippen LogP contribution is -2.39. The molecule has 0 atom stereocenters. The largest absolute Gasteiger partial charge is 0.309 e. The van der Waals surface area contributed by atoms with E-state index in [1.807, 2.05) is 11.7 Å². The Morgan fingerprint density at radius 3 is 2.72 bits per heavy atom. The molecule has 2 aromatic rings. The molecule has 0 radical (unpaired) electrons. The first-order valence-electron chi connectivity index (χ1n) is 6.17. The summed E-state index contributed by atoms with van der Waals surface area (Å²) in [6.45, 7) is 0.961. The molecule has 1 N–H and O–H groups in total. The van der Waals surface area contributed by atoms with Gasteiger partial charge in [0.05, 0.1) is 5.51 Å². The molecule has 4 heteroatoms. The van der Waals surface area contributed by atoms with E-state index >= 15 is 0 Å². The molecule has 0 unspecified atom stereocenters. The van der Waals surface area contributed by atoms with Gasteiger partial charge < -0.3 is 5.32 Å². The van der Waals surface area contributed by atoms with Crippen molar-refractivity contribution in [2.45, 2.75) is 31.3 Å². The number of nitrogens with zero attached hydrogens (tertiary/aromatic N) is 1. The van der Waals surface area contributed by atoms with Gasteiger partial charge in [0, 0.05) is 28.1 Å². The lowest BCUT2D eigenvalue weighted by Gasteiger charge is -2.36. The van der Waals surface area contributed by atoms with Gasteiger partial charge in [-0.1, -0.05) is 28.1 Å². The van der Waals surface area contributed by atoms with E-state index in [1.165, 1.54) is 23.3 Å². The zero-order valence-corrected chi connectivity index (χ0v) is 12.4. The number of rotatable bonds is 4. The minimum atomic E-state index is 0.667. The predicted molar refractivity (Wildman–Crippen MR) is 78.9 cm³/mol. The molecule has 2 nitrogen and oxygen atoms in total. The second-order valence-electron chi connectivity index (χ2n) is 4.77. The molecular weight excluding hydrogens is 308 g/mol. The summed E-state index contributed by atoms with van der Waals surface area (Å²) >= 11 is 5.20. The average Bonchev–Trinajstić information content (AvgIpc) is 2.82. The maximum Gasteiger partial charge on any atom is 0.0794 e. The molecule has 0 aliphatic heterocycles. The smallest absolute Gasteiger partial charge is 0.0794 e. The highest BCUT2D eigenvalue weighted by molar-refractivity contribution is 9.10. The van der Waals surface area contributed by atoms with Crippen LogP contribution in [0, 0.1) is 0 Å². The summed E-state index contributed by atoms with van der Waals surface area (Å²) in [7, 11) is 0. The summed E-state index contributed by atoms with van der Waals surface area (Å²) in [5.74, 6) is 0.733. The lowest BCUT2D eigenvalue weighted by atomic mass is 9.76. The molecule has 1 aliphatic rings. The van der Waals surface area contributed by atoms with Gasteiger partial charge in [0.1, 0.15) is 0 Å². The number of aromatic nitrogens is 1. The molecule has 1 saturated carbocycles. The fraction of sp³-hybridized carbons (Fsp3) is 0.357. The number of halogens is 1. The zero-order valence-electron chi connectivity index (χ0n) is 9.97. The molecule has 1 aromatic heterocycles. The van der Waals surface area contributed by atoms with Gasteiger partial charge in [-0.05, 0) is 36.5 Å². The fourth-order valence-corrected chi connectivity index (χ4v) is 3.18. The van der Waals surface area contributed by atoms with Gasteiger partial charge in [-0.15, -0.1) is 11.3 Å². The minimum absolute atomic E-state index is 0.667. The van der Waals surface area contributed by atoms with Crippen LogP contribution in [0.4, 0.5) is 0 Å². The maximum absolute atomic E-state index is 4.09. The monoisotopic (exact) mass is 322 g/mol. The predicted octanol–water partition coefficient (Wildman–Crippen LogP) is 3.94. The van der Waals surface area contributed by atoms with Gasteiger partial charge in [0.2, 0.25) is 0 Å². The Labute approximate surface area is 120 Å². The Morgan fingerprint density at radius 2 is 2.06 bits per heavy atom. The molecule has 0 bridgehead atoms. The van der Waals surface area contributed by atoms with Gasteiger partial charge in [0.25, 0.3) is 0 Å². The fourth-order valence-electron chi connectivity index (χ4n) is 2.37. The maximum atomic E-state index is 4.09. The van der Waals surface area contributed by atoms with E-state index in [0.29, 0.717) is 6.04 Å². The van der Waals surface area contributed by atoms with Gasteiger partial charge in [-0.25, -0.2) is 0 Å². The van der Waals surface area contributed by atoms with E-state index in [0.717, 1.165) is 16.9 Å². The average molecular weight is 323 g/mol. The standard InChI is InChI=1S/C14H15BrN2S/c15-12-3-1-10(2-4-12)11-5-13(6-11)17-8-14-7-16-9-18-14/h1-4,7,9,11,13,17H,5-6,8H2. The molecule has 18 heavy (non-hydrogen) atoms. The summed E-state index contributed by atoms with van der Waals surface area (Å²) in [4.78, 5) is 5.41. The van der Waals surface area contributed by atoms with Crippen molar-refractivity contribution in [2.24, 2.45) is 0 Å². The van der Waals surface area contributed by atoms with Crippen LogP contribution in [0.5, 0.6) is 0 Å². The van der Waals surface area contributed by atoms with Crippen LogP contribution in [0.15, 0.2) is 40.4 Å². The van der Waals surface area contributed by atoms with Crippen molar-refractivity contribution in [3.8, 4) is 0 Å². The van der Waals surface area contributed by atoms with Crippen LogP contribution >= 0.6 is 27.3 Å². The van der Waals surface area contributed by atoms with E-state index in [9.17, 15) is 0 Å². The lowest BCUT2D eigenvalue weighted by molar-refractivity contribution is 0.290. The Kier molecular flexibility index (Phi) is 3.77. The van der Waals surface area contributed by atoms with E-state index in [1.54, 1.807) is 11.3 Å². The topological polar surface area (TPSA) is 24.9 Å². The van der Waals surface area contributed by atoms with Gasteiger partial charge in [-0.2, -0.15) is 0 Å². The number of hydrogen-bond acceptors (Lipinski definition) is 3. The molecular formula is C14H15BrN2S. The van der Waals surface area contributed by atoms with E-state index in [2.05, 4.69) is 50.5 Å². The number of hydrogen-bond donors (Lipinski definition) is 1. The third kappa shape index (κ3) is 2.82. The summed E-state index contributed by atoms with van der Waals surface area (Å²) in [5.41, 5.74) is 3.36. The van der Waals surface area contributed by atoms with E-state index in [-0.39, 0.29) is 0 Å². The second kappa shape index (κ2) is 5.51. The Morgan fingerprint density at radius 1 is 1.28 bits per heavy atom. The number of thiazole rings is 1. The molecule has 1 aromatic carbocycles. The van der Waals surface area contributed by atoms with E-state index < -0.39 is 0 Å². The van der Waals surface area contributed by atoms with Gasteiger partial charge in [0.15, 0.2) is 0 Å². The third-order valence-electron chi connectivity index (χ3n) is 3.53. The van der Waals surface area contributed by atoms with Crippen LogP contribution in [-0.2, 0) is 6.54 Å². The van der Waals surface area contributed by atoms with Crippen LogP contribution in [0.2, 0.25) is 0 Å². The highest BCUT2D eigenvalue weighted by atomic mass is 79.9. The SMILES string of the molecule is Brc1ccc(C2CC(NCc3cncs3)C2)cc1. The molecule has 1 heterocycles. The Hall–Kier alpha value is -0.710. The number of benzene rings is 1. The van der Waals surface area contributed by atoms with Crippen LogP contribution in [0.1, 0.15) is 29.2 Å². The summed E-state index contributed by atoms with van der Waals surface area (Å²) in [6, 6.07) is 9.39. The molecule has 0 spiro atoms. The van der Waals surface area contributed by atoms with Crippen molar-refractivity contribution in [3.63, 3.8) is 0 Å². The molecule has 1 aliphatic carbocycles. The summed E-state index contributed by atoms with van der Waals surface area (Å²) in [6.07, 6.45) is 4.45. The van der Waals surface area contributed by atoms with Crippen LogP contribution < -0.4 is 5.32 Å². The normalized spacial score (nSPS) is 22.7. The Bertz CT molecular complexity index is 489. The first-order valence-corrected chi connectivity index (χ1v) is 7.85.